The van der Waals surface area contributed by atoms with E-state index < -0.39 is 0 Å². The minimum atomic E-state index is 0.893. The predicted molar refractivity (Wildman–Crippen MR) is 75.8 cm³/mol. The molecule has 0 fully saturated rings. The highest BCUT2D eigenvalue weighted by molar-refractivity contribution is 5.44. The minimum absolute atomic E-state index is 0.893. The number of nitrogens with one attached hydrogen (secondary N) is 1. The molecule has 18 heavy (non-hydrogen) atoms. The summed E-state index contributed by atoms with van der Waals surface area (Å²) in [7, 11) is 0. The Morgan fingerprint density at radius 3 is 2.72 bits per heavy atom. The molecule has 96 valence electrons. The van der Waals surface area contributed by atoms with Gasteiger partial charge in [0.1, 0.15) is 0 Å². The first-order valence-corrected chi connectivity index (χ1v) is 6.68. The number of nitrogens with zero attached hydrogens (tertiary/aromatic N) is 2. The van der Waals surface area contributed by atoms with E-state index in [0.717, 1.165) is 13.1 Å². The molecule has 2 rings (SSSR count). The summed E-state index contributed by atoms with van der Waals surface area (Å²) < 4.78 is 1.93. The van der Waals surface area contributed by atoms with Gasteiger partial charge in [-0.05, 0) is 36.6 Å². The highest BCUT2D eigenvalue weighted by Gasteiger charge is 1.95. The minimum Gasteiger partial charge on any atom is -0.383 e. The van der Waals surface area contributed by atoms with Crippen LogP contribution >= 0.6 is 0 Å². The topological polar surface area (TPSA) is 29.9 Å². The number of rotatable bonds is 7. The maximum atomic E-state index is 4.17. The molecule has 0 saturated heterocycles. The Bertz CT molecular complexity index is 431. The second kappa shape index (κ2) is 6.84. The molecule has 1 aromatic carbocycles. The summed E-state index contributed by atoms with van der Waals surface area (Å²) in [6, 6.07) is 10.7. The van der Waals surface area contributed by atoms with Crippen molar-refractivity contribution >= 4 is 5.69 Å². The lowest BCUT2D eigenvalue weighted by atomic mass is 10.1. The fourth-order valence-corrected chi connectivity index (χ4v) is 1.92. The van der Waals surface area contributed by atoms with Crippen molar-refractivity contribution in [2.75, 3.05) is 11.9 Å². The highest BCUT2D eigenvalue weighted by atomic mass is 15.3. The van der Waals surface area contributed by atoms with E-state index in [2.05, 4.69) is 41.6 Å². The van der Waals surface area contributed by atoms with E-state index in [4.69, 9.17) is 0 Å². The van der Waals surface area contributed by atoms with Gasteiger partial charge in [-0.15, -0.1) is 0 Å². The fraction of sp³-hybridized carbons (Fsp3) is 0.400. The van der Waals surface area contributed by atoms with Crippen LogP contribution in [0.4, 0.5) is 5.69 Å². The number of anilines is 1. The predicted octanol–water partition coefficient (Wildman–Crippen LogP) is 3.34. The summed E-state index contributed by atoms with van der Waals surface area (Å²) in [5, 5.41) is 7.58. The maximum absolute atomic E-state index is 4.17. The van der Waals surface area contributed by atoms with Crippen molar-refractivity contribution in [3.05, 3.63) is 48.3 Å². The summed E-state index contributed by atoms with van der Waals surface area (Å²) in [6.07, 6.45) is 7.50. The summed E-state index contributed by atoms with van der Waals surface area (Å²) in [5.74, 6) is 0. The molecule has 1 N–H and O–H groups in total. The highest BCUT2D eigenvalue weighted by Crippen LogP contribution is 2.11. The zero-order valence-electron chi connectivity index (χ0n) is 11.0. The Balaban J connectivity index is 1.75. The van der Waals surface area contributed by atoms with Crippen molar-refractivity contribution in [2.24, 2.45) is 0 Å². The van der Waals surface area contributed by atoms with Crippen molar-refractivity contribution in [3.8, 4) is 0 Å². The van der Waals surface area contributed by atoms with Crippen molar-refractivity contribution in [2.45, 2.75) is 32.7 Å². The van der Waals surface area contributed by atoms with Gasteiger partial charge in [0.25, 0.3) is 0 Å². The third kappa shape index (κ3) is 3.91. The van der Waals surface area contributed by atoms with E-state index >= 15 is 0 Å². The van der Waals surface area contributed by atoms with Crippen LogP contribution in [0.5, 0.6) is 0 Å². The van der Waals surface area contributed by atoms with Gasteiger partial charge in [0.15, 0.2) is 0 Å². The second-order valence-corrected chi connectivity index (χ2v) is 4.50. The van der Waals surface area contributed by atoms with E-state index in [1.54, 1.807) is 0 Å². The largest absolute Gasteiger partial charge is 0.383 e. The first-order valence-electron chi connectivity index (χ1n) is 6.68. The molecule has 3 nitrogen and oxygen atoms in total. The Hall–Kier alpha value is -1.77. The molecule has 0 aliphatic heterocycles. The van der Waals surface area contributed by atoms with Gasteiger partial charge in [0.05, 0.1) is 6.54 Å². The normalized spacial score (nSPS) is 10.5. The monoisotopic (exact) mass is 243 g/mol. The molecule has 0 aliphatic carbocycles. The number of aromatic nitrogens is 2. The van der Waals surface area contributed by atoms with Gasteiger partial charge in [-0.25, -0.2) is 0 Å². The van der Waals surface area contributed by atoms with Gasteiger partial charge in [-0.3, -0.25) is 4.68 Å². The van der Waals surface area contributed by atoms with Crippen LogP contribution in [0.3, 0.4) is 0 Å². The Kier molecular flexibility index (Phi) is 4.82. The fourth-order valence-electron chi connectivity index (χ4n) is 1.92. The molecular weight excluding hydrogens is 222 g/mol. The Morgan fingerprint density at radius 1 is 1.22 bits per heavy atom. The lowest BCUT2D eigenvalue weighted by Gasteiger charge is -2.07. The maximum Gasteiger partial charge on any atom is 0.0582 e. The summed E-state index contributed by atoms with van der Waals surface area (Å²) in [5.41, 5.74) is 2.61. The Morgan fingerprint density at radius 2 is 2.06 bits per heavy atom. The first kappa shape index (κ1) is 12.7. The molecule has 0 amide bonds. The zero-order valence-corrected chi connectivity index (χ0v) is 11.0. The smallest absolute Gasteiger partial charge is 0.0582 e. The van der Waals surface area contributed by atoms with E-state index in [9.17, 15) is 0 Å². The van der Waals surface area contributed by atoms with Crippen LogP contribution in [0.1, 0.15) is 25.3 Å². The molecule has 0 atom stereocenters. The van der Waals surface area contributed by atoms with Crippen molar-refractivity contribution < 1.29 is 0 Å². The zero-order chi connectivity index (χ0) is 12.6. The molecule has 3 heteroatoms. The number of hydrogen-bond acceptors (Lipinski definition) is 2. The van der Waals surface area contributed by atoms with Crippen LogP contribution in [0, 0.1) is 0 Å². The SMILES string of the molecule is CCCCc1ccc(NCCn2cccn2)cc1. The van der Waals surface area contributed by atoms with Crippen LogP contribution in [-0.4, -0.2) is 16.3 Å². The quantitative estimate of drug-likeness (QED) is 0.808. The molecule has 1 aromatic heterocycles. The van der Waals surface area contributed by atoms with Gasteiger partial charge in [0.2, 0.25) is 0 Å². The lowest BCUT2D eigenvalue weighted by molar-refractivity contribution is 0.638. The van der Waals surface area contributed by atoms with Gasteiger partial charge in [-0.2, -0.15) is 5.10 Å². The standard InChI is InChI=1S/C15H21N3/c1-2-3-5-14-6-8-15(9-7-14)16-11-13-18-12-4-10-17-18/h4,6-10,12,16H,2-3,5,11,13H2,1H3. The van der Waals surface area contributed by atoms with Gasteiger partial charge < -0.3 is 5.32 Å². The number of benzene rings is 1. The molecule has 0 aliphatic rings. The summed E-state index contributed by atoms with van der Waals surface area (Å²) in [4.78, 5) is 0. The third-order valence-corrected chi connectivity index (χ3v) is 3.00. The van der Waals surface area contributed by atoms with Gasteiger partial charge in [0, 0.05) is 24.6 Å². The average Bonchev–Trinajstić information content (AvgIpc) is 2.91. The summed E-state index contributed by atoms with van der Waals surface area (Å²) in [6.45, 7) is 4.02. The van der Waals surface area contributed by atoms with Crippen LogP contribution in [0.2, 0.25) is 0 Å². The van der Waals surface area contributed by atoms with E-state index in [-0.39, 0.29) is 0 Å². The molecule has 2 aromatic rings. The van der Waals surface area contributed by atoms with E-state index in [1.165, 1.54) is 30.5 Å². The van der Waals surface area contributed by atoms with Gasteiger partial charge in [-0.1, -0.05) is 25.5 Å². The second-order valence-electron chi connectivity index (χ2n) is 4.50. The van der Waals surface area contributed by atoms with E-state index in [1.807, 2.05) is 23.1 Å². The third-order valence-electron chi connectivity index (χ3n) is 3.00. The number of unbranched alkanes of at least 4 members (excludes halogenated alkanes) is 1. The first-order chi connectivity index (χ1) is 8.88. The summed E-state index contributed by atoms with van der Waals surface area (Å²) >= 11 is 0. The molecule has 0 saturated carbocycles. The van der Waals surface area contributed by atoms with Crippen LogP contribution < -0.4 is 5.32 Å². The van der Waals surface area contributed by atoms with Crippen molar-refractivity contribution in [1.29, 1.82) is 0 Å². The van der Waals surface area contributed by atoms with Crippen LogP contribution in [0.15, 0.2) is 42.7 Å². The molecule has 1 heterocycles. The molecule has 0 spiro atoms. The lowest BCUT2D eigenvalue weighted by Crippen LogP contribution is -2.10. The molecular formula is C15H21N3. The van der Waals surface area contributed by atoms with E-state index in [0.29, 0.717) is 0 Å². The number of hydrogen-bond donors (Lipinski definition) is 1. The molecule has 0 bridgehead atoms. The van der Waals surface area contributed by atoms with Crippen molar-refractivity contribution in [3.63, 3.8) is 0 Å². The average molecular weight is 243 g/mol. The molecule has 0 radical (unpaired) electrons. The molecule has 0 unspecified atom stereocenters. The van der Waals surface area contributed by atoms with Crippen LogP contribution in [-0.2, 0) is 13.0 Å². The van der Waals surface area contributed by atoms with Crippen LogP contribution in [0.25, 0.3) is 0 Å². The van der Waals surface area contributed by atoms with Gasteiger partial charge >= 0.3 is 0 Å². The van der Waals surface area contributed by atoms with Crippen molar-refractivity contribution in [1.82, 2.24) is 9.78 Å². The number of aryl methyl sites for hydroxylation is 1. The Labute approximate surface area is 109 Å².